The van der Waals surface area contributed by atoms with Crippen LogP contribution in [-0.2, 0) is 6.54 Å². The first-order valence-corrected chi connectivity index (χ1v) is 6.92. The van der Waals surface area contributed by atoms with Crippen LogP contribution in [0, 0.1) is 5.82 Å². The molecule has 1 rings (SSSR count). The fourth-order valence-corrected chi connectivity index (χ4v) is 2.05. The molecule has 0 saturated heterocycles. The van der Waals surface area contributed by atoms with Gasteiger partial charge in [-0.05, 0) is 56.4 Å². The standard InChI is InChI=1S/C14H22ClFN2/c1-3-18(4-2)9-5-8-17-11-12-10-13(16)6-7-14(12)15/h6-7,10,17H,3-5,8-9,11H2,1-2H3. The van der Waals surface area contributed by atoms with E-state index in [0.717, 1.165) is 38.2 Å². The van der Waals surface area contributed by atoms with E-state index < -0.39 is 0 Å². The Hall–Kier alpha value is -0.640. The van der Waals surface area contributed by atoms with E-state index in [0.29, 0.717) is 11.6 Å². The van der Waals surface area contributed by atoms with E-state index in [1.807, 2.05) is 0 Å². The van der Waals surface area contributed by atoms with Crippen LogP contribution < -0.4 is 5.32 Å². The molecule has 2 nitrogen and oxygen atoms in total. The summed E-state index contributed by atoms with van der Waals surface area (Å²) in [6.07, 6.45) is 1.09. The molecule has 0 aliphatic carbocycles. The van der Waals surface area contributed by atoms with Gasteiger partial charge in [0.15, 0.2) is 0 Å². The third kappa shape index (κ3) is 5.34. The van der Waals surface area contributed by atoms with Crippen molar-refractivity contribution >= 4 is 11.6 Å². The van der Waals surface area contributed by atoms with Crippen LogP contribution in [0.15, 0.2) is 18.2 Å². The number of nitrogens with one attached hydrogen (secondary N) is 1. The quantitative estimate of drug-likeness (QED) is 0.731. The van der Waals surface area contributed by atoms with Crippen molar-refractivity contribution in [1.29, 1.82) is 0 Å². The Morgan fingerprint density at radius 3 is 2.67 bits per heavy atom. The van der Waals surface area contributed by atoms with Crippen LogP contribution in [-0.4, -0.2) is 31.1 Å². The third-order valence-electron chi connectivity index (χ3n) is 3.05. The Morgan fingerprint density at radius 1 is 1.28 bits per heavy atom. The molecule has 0 unspecified atom stereocenters. The number of nitrogens with zero attached hydrogens (tertiary/aromatic N) is 1. The van der Waals surface area contributed by atoms with Gasteiger partial charge in [0.05, 0.1) is 0 Å². The maximum Gasteiger partial charge on any atom is 0.123 e. The number of rotatable bonds is 8. The van der Waals surface area contributed by atoms with Crippen molar-refractivity contribution in [2.75, 3.05) is 26.2 Å². The normalized spacial score (nSPS) is 11.2. The van der Waals surface area contributed by atoms with Gasteiger partial charge in [0.25, 0.3) is 0 Å². The molecule has 1 N–H and O–H groups in total. The monoisotopic (exact) mass is 272 g/mol. The first-order chi connectivity index (χ1) is 8.67. The zero-order valence-electron chi connectivity index (χ0n) is 11.2. The number of benzene rings is 1. The van der Waals surface area contributed by atoms with Crippen LogP contribution in [0.1, 0.15) is 25.8 Å². The SMILES string of the molecule is CCN(CC)CCCNCc1cc(F)ccc1Cl. The van der Waals surface area contributed by atoms with Gasteiger partial charge < -0.3 is 10.2 Å². The first kappa shape index (κ1) is 15.4. The van der Waals surface area contributed by atoms with Gasteiger partial charge in [0.2, 0.25) is 0 Å². The maximum absolute atomic E-state index is 13.0. The zero-order valence-corrected chi connectivity index (χ0v) is 11.9. The van der Waals surface area contributed by atoms with Gasteiger partial charge in [-0.1, -0.05) is 25.4 Å². The Morgan fingerprint density at radius 2 is 2.00 bits per heavy atom. The van der Waals surface area contributed by atoms with Gasteiger partial charge >= 0.3 is 0 Å². The summed E-state index contributed by atoms with van der Waals surface area (Å²) in [5.41, 5.74) is 0.819. The van der Waals surface area contributed by atoms with E-state index in [2.05, 4.69) is 24.1 Å². The van der Waals surface area contributed by atoms with E-state index in [4.69, 9.17) is 11.6 Å². The summed E-state index contributed by atoms with van der Waals surface area (Å²) < 4.78 is 13.0. The van der Waals surface area contributed by atoms with Crippen LogP contribution in [0.2, 0.25) is 5.02 Å². The summed E-state index contributed by atoms with van der Waals surface area (Å²) in [4.78, 5) is 2.39. The predicted octanol–water partition coefficient (Wildman–Crippen LogP) is 3.30. The second-order valence-corrected chi connectivity index (χ2v) is 4.70. The molecule has 1 aromatic rings. The minimum Gasteiger partial charge on any atom is -0.313 e. The molecule has 0 heterocycles. The van der Waals surface area contributed by atoms with E-state index in [1.54, 1.807) is 6.07 Å². The molecule has 1 aromatic carbocycles. The smallest absolute Gasteiger partial charge is 0.123 e. The number of hydrogen-bond acceptors (Lipinski definition) is 2. The van der Waals surface area contributed by atoms with Crippen molar-refractivity contribution in [1.82, 2.24) is 10.2 Å². The van der Waals surface area contributed by atoms with E-state index in [1.165, 1.54) is 12.1 Å². The molecule has 0 atom stereocenters. The first-order valence-electron chi connectivity index (χ1n) is 6.54. The lowest BCUT2D eigenvalue weighted by Crippen LogP contribution is -2.27. The van der Waals surface area contributed by atoms with Crippen molar-refractivity contribution in [3.63, 3.8) is 0 Å². The summed E-state index contributed by atoms with van der Waals surface area (Å²) in [6, 6.07) is 4.47. The summed E-state index contributed by atoms with van der Waals surface area (Å²) in [7, 11) is 0. The maximum atomic E-state index is 13.0. The summed E-state index contributed by atoms with van der Waals surface area (Å²) in [6.45, 7) is 9.15. The average Bonchev–Trinajstić information content (AvgIpc) is 2.38. The molecular weight excluding hydrogens is 251 g/mol. The highest BCUT2D eigenvalue weighted by Gasteiger charge is 2.02. The van der Waals surface area contributed by atoms with Crippen LogP contribution in [0.4, 0.5) is 4.39 Å². The van der Waals surface area contributed by atoms with Crippen molar-refractivity contribution in [3.05, 3.63) is 34.6 Å². The molecule has 0 saturated carbocycles. The van der Waals surface area contributed by atoms with E-state index >= 15 is 0 Å². The highest BCUT2D eigenvalue weighted by Crippen LogP contribution is 2.16. The van der Waals surface area contributed by atoms with E-state index in [9.17, 15) is 4.39 Å². The van der Waals surface area contributed by atoms with Crippen molar-refractivity contribution in [2.24, 2.45) is 0 Å². The fourth-order valence-electron chi connectivity index (χ4n) is 1.87. The van der Waals surface area contributed by atoms with E-state index in [-0.39, 0.29) is 5.82 Å². The molecule has 18 heavy (non-hydrogen) atoms. The average molecular weight is 273 g/mol. The van der Waals surface area contributed by atoms with Crippen molar-refractivity contribution < 1.29 is 4.39 Å². The summed E-state index contributed by atoms with van der Waals surface area (Å²) >= 11 is 5.99. The predicted molar refractivity (Wildman–Crippen MR) is 75.5 cm³/mol. The molecule has 0 aliphatic heterocycles. The van der Waals surface area contributed by atoms with Crippen LogP contribution in [0.25, 0.3) is 0 Å². The van der Waals surface area contributed by atoms with Gasteiger partial charge in [0, 0.05) is 11.6 Å². The number of hydrogen-bond donors (Lipinski definition) is 1. The summed E-state index contributed by atoms with van der Waals surface area (Å²) in [5, 5.41) is 3.91. The molecule has 0 radical (unpaired) electrons. The van der Waals surface area contributed by atoms with Crippen LogP contribution in [0.3, 0.4) is 0 Å². The third-order valence-corrected chi connectivity index (χ3v) is 3.41. The highest BCUT2D eigenvalue weighted by atomic mass is 35.5. The minimum atomic E-state index is -0.237. The molecule has 102 valence electrons. The van der Waals surface area contributed by atoms with Crippen molar-refractivity contribution in [2.45, 2.75) is 26.8 Å². The Kier molecular flexibility index (Phi) is 7.25. The lowest BCUT2D eigenvalue weighted by Gasteiger charge is -2.17. The van der Waals surface area contributed by atoms with Gasteiger partial charge in [-0.3, -0.25) is 0 Å². The lowest BCUT2D eigenvalue weighted by molar-refractivity contribution is 0.298. The molecule has 0 amide bonds. The van der Waals surface area contributed by atoms with Crippen molar-refractivity contribution in [3.8, 4) is 0 Å². The van der Waals surface area contributed by atoms with Gasteiger partial charge in [-0.15, -0.1) is 0 Å². The Bertz CT molecular complexity index is 354. The molecule has 0 spiro atoms. The molecular formula is C14H22ClFN2. The van der Waals surface area contributed by atoms with Gasteiger partial charge in [-0.2, -0.15) is 0 Å². The highest BCUT2D eigenvalue weighted by molar-refractivity contribution is 6.31. The molecule has 4 heteroatoms. The fraction of sp³-hybridized carbons (Fsp3) is 0.571. The Labute approximate surface area is 114 Å². The second-order valence-electron chi connectivity index (χ2n) is 4.29. The molecule has 0 fully saturated rings. The summed E-state index contributed by atoms with van der Waals surface area (Å²) in [5.74, 6) is -0.237. The molecule has 0 aromatic heterocycles. The van der Waals surface area contributed by atoms with Gasteiger partial charge in [-0.25, -0.2) is 4.39 Å². The number of halogens is 2. The van der Waals surface area contributed by atoms with Gasteiger partial charge in [0.1, 0.15) is 5.82 Å². The van der Waals surface area contributed by atoms with Crippen LogP contribution in [0.5, 0.6) is 0 Å². The molecule has 0 bridgehead atoms. The largest absolute Gasteiger partial charge is 0.313 e. The topological polar surface area (TPSA) is 15.3 Å². The lowest BCUT2D eigenvalue weighted by atomic mass is 10.2. The van der Waals surface area contributed by atoms with Crippen LogP contribution >= 0.6 is 11.6 Å². The molecule has 0 aliphatic rings. The Balaban J connectivity index is 2.23. The zero-order chi connectivity index (χ0) is 13.4. The second kappa shape index (κ2) is 8.46. The minimum absolute atomic E-state index is 0.237.